The van der Waals surface area contributed by atoms with E-state index in [0.717, 1.165) is 5.56 Å². The zero-order valence-electron chi connectivity index (χ0n) is 16.6. The molecule has 0 amide bonds. The summed E-state index contributed by atoms with van der Waals surface area (Å²) in [6.45, 7) is 1.93. The van der Waals surface area contributed by atoms with Gasteiger partial charge in [-0.2, -0.15) is 4.68 Å². The molecular weight excluding hydrogens is 386 g/mol. The Hall–Kier alpha value is -4.01. The van der Waals surface area contributed by atoms with Gasteiger partial charge in [0.15, 0.2) is 5.78 Å². The number of hydrogen-bond acceptors (Lipinski definition) is 8. The maximum Gasteiger partial charge on any atom is 0.355 e. The molecule has 0 spiro atoms. The molecule has 2 aromatic carbocycles. The van der Waals surface area contributed by atoms with Gasteiger partial charge in [-0.3, -0.25) is 4.79 Å². The number of nitrogens with one attached hydrogen (secondary N) is 1. The van der Waals surface area contributed by atoms with Gasteiger partial charge < -0.3 is 14.8 Å². The van der Waals surface area contributed by atoms with Crippen LogP contribution in [0.5, 0.6) is 5.75 Å². The van der Waals surface area contributed by atoms with Gasteiger partial charge in [0.1, 0.15) is 17.5 Å². The van der Waals surface area contributed by atoms with E-state index in [4.69, 9.17) is 9.47 Å². The predicted octanol–water partition coefficient (Wildman–Crippen LogP) is 2.32. The largest absolute Gasteiger partial charge is 0.496 e. The van der Waals surface area contributed by atoms with E-state index >= 15 is 0 Å². The molecule has 1 aliphatic heterocycles. The van der Waals surface area contributed by atoms with Gasteiger partial charge in [-0.05, 0) is 23.4 Å². The Morgan fingerprint density at radius 3 is 2.50 bits per heavy atom. The number of carbonyl (C=O) groups is 2. The Morgan fingerprint density at radius 1 is 1.07 bits per heavy atom. The van der Waals surface area contributed by atoms with Crippen molar-refractivity contribution in [3.8, 4) is 5.75 Å². The number of Topliss-reactive ketones (excluding diaryl/α,β-unsaturated/α-hetero) is 1. The smallest absolute Gasteiger partial charge is 0.355 e. The predicted molar refractivity (Wildman–Crippen MR) is 107 cm³/mol. The summed E-state index contributed by atoms with van der Waals surface area (Å²) in [5, 5.41) is 14.5. The van der Waals surface area contributed by atoms with Crippen LogP contribution >= 0.6 is 0 Å². The van der Waals surface area contributed by atoms with Crippen LogP contribution in [0.1, 0.15) is 27.5 Å². The van der Waals surface area contributed by atoms with Gasteiger partial charge >= 0.3 is 5.97 Å². The summed E-state index contributed by atoms with van der Waals surface area (Å²) in [6, 6.07) is 13.5. The molecule has 0 saturated heterocycles. The van der Waals surface area contributed by atoms with Gasteiger partial charge in [0.2, 0.25) is 5.95 Å². The number of aryl methyl sites for hydroxylation is 1. The Balaban J connectivity index is 1.98. The van der Waals surface area contributed by atoms with Crippen LogP contribution in [0.25, 0.3) is 0 Å². The van der Waals surface area contributed by atoms with Gasteiger partial charge in [-0.1, -0.05) is 53.1 Å². The maximum atomic E-state index is 13.6. The number of allylic oxidation sites excluding steroid dienone is 1. The van der Waals surface area contributed by atoms with Crippen molar-refractivity contribution in [2.75, 3.05) is 19.5 Å². The van der Waals surface area contributed by atoms with E-state index in [1.807, 2.05) is 31.2 Å². The number of fused-ring (bicyclic) bond motifs is 1. The number of ketones is 1. The first-order valence-electron chi connectivity index (χ1n) is 9.16. The van der Waals surface area contributed by atoms with E-state index in [0.29, 0.717) is 16.9 Å². The standard InChI is InChI=1S/C21H19N5O4/c1-12-8-10-13(11-9-12)19(27)16-17(20(28)30-3)22-21-23-24-25-26(21)18(16)14-6-4-5-7-15(14)29-2/h4-11,18H,1-3H3,(H,22,23,25)/t18-/m1/s1. The first kappa shape index (κ1) is 19.3. The zero-order chi connectivity index (χ0) is 21.3. The van der Waals surface area contributed by atoms with E-state index in [1.165, 1.54) is 18.9 Å². The van der Waals surface area contributed by atoms with E-state index in [-0.39, 0.29) is 23.0 Å². The molecule has 0 bridgehead atoms. The fourth-order valence-corrected chi connectivity index (χ4v) is 3.43. The number of benzene rings is 2. The third-order valence-corrected chi connectivity index (χ3v) is 4.90. The molecule has 1 aliphatic rings. The minimum absolute atomic E-state index is 0.0127. The molecular formula is C21H19N5O4. The summed E-state index contributed by atoms with van der Waals surface area (Å²) in [5.41, 5.74) is 2.22. The molecule has 0 saturated carbocycles. The first-order chi connectivity index (χ1) is 14.5. The molecule has 4 rings (SSSR count). The third kappa shape index (κ3) is 3.20. The number of rotatable bonds is 5. The van der Waals surface area contributed by atoms with Crippen molar-refractivity contribution >= 4 is 17.7 Å². The lowest BCUT2D eigenvalue weighted by Crippen LogP contribution is -2.33. The average Bonchev–Trinajstić information content (AvgIpc) is 3.25. The second-order valence-electron chi connectivity index (χ2n) is 6.69. The summed E-state index contributed by atoms with van der Waals surface area (Å²) in [7, 11) is 2.79. The quantitative estimate of drug-likeness (QED) is 0.509. The van der Waals surface area contributed by atoms with Gasteiger partial charge in [0, 0.05) is 11.1 Å². The normalized spacial score (nSPS) is 15.2. The van der Waals surface area contributed by atoms with E-state index in [2.05, 4.69) is 20.8 Å². The lowest BCUT2D eigenvalue weighted by Gasteiger charge is -2.29. The van der Waals surface area contributed by atoms with Gasteiger partial charge in [-0.15, -0.1) is 0 Å². The molecule has 0 radical (unpaired) electrons. The average molecular weight is 405 g/mol. The Labute approximate surface area is 172 Å². The first-order valence-corrected chi connectivity index (χ1v) is 9.16. The molecule has 9 heteroatoms. The van der Waals surface area contributed by atoms with Crippen LogP contribution in [0.2, 0.25) is 0 Å². The van der Waals surface area contributed by atoms with Crippen molar-refractivity contribution in [2.45, 2.75) is 13.0 Å². The van der Waals surface area contributed by atoms with Crippen LogP contribution < -0.4 is 10.1 Å². The molecule has 2 heterocycles. The molecule has 30 heavy (non-hydrogen) atoms. The highest BCUT2D eigenvalue weighted by Crippen LogP contribution is 2.40. The number of aromatic nitrogens is 4. The van der Waals surface area contributed by atoms with Gasteiger partial charge in [0.05, 0.1) is 19.8 Å². The van der Waals surface area contributed by atoms with Crippen molar-refractivity contribution in [1.29, 1.82) is 0 Å². The molecule has 3 aromatic rings. The Kier molecular flexibility index (Phi) is 5.01. The number of nitrogens with zero attached hydrogens (tertiary/aromatic N) is 4. The number of methoxy groups -OCH3 is 2. The van der Waals surface area contributed by atoms with Crippen molar-refractivity contribution in [2.24, 2.45) is 0 Å². The number of ether oxygens (including phenoxy) is 2. The van der Waals surface area contributed by atoms with Crippen LogP contribution in [0.3, 0.4) is 0 Å². The van der Waals surface area contributed by atoms with E-state index in [9.17, 15) is 9.59 Å². The number of carbonyl (C=O) groups excluding carboxylic acids is 2. The molecule has 1 N–H and O–H groups in total. The Bertz CT molecular complexity index is 1150. The van der Waals surface area contributed by atoms with E-state index < -0.39 is 12.0 Å². The van der Waals surface area contributed by atoms with Crippen LogP contribution in [-0.2, 0) is 9.53 Å². The highest BCUT2D eigenvalue weighted by atomic mass is 16.5. The molecule has 0 unspecified atom stereocenters. The SMILES string of the molecule is COC(=O)C1=C(C(=O)c2ccc(C)cc2)[C@@H](c2ccccc2OC)n2nnnc2N1. The number of hydrogen-bond donors (Lipinski definition) is 1. The fourth-order valence-electron chi connectivity index (χ4n) is 3.43. The molecule has 152 valence electrons. The number of tetrazole rings is 1. The highest BCUT2D eigenvalue weighted by molar-refractivity contribution is 6.15. The van der Waals surface area contributed by atoms with Crippen LogP contribution in [0.15, 0.2) is 59.8 Å². The molecule has 0 fully saturated rings. The number of para-hydroxylation sites is 1. The molecule has 9 nitrogen and oxygen atoms in total. The molecule has 1 aromatic heterocycles. The fraction of sp³-hybridized carbons (Fsp3) is 0.190. The lowest BCUT2D eigenvalue weighted by molar-refractivity contribution is -0.136. The molecule has 0 aliphatic carbocycles. The summed E-state index contributed by atoms with van der Waals surface area (Å²) in [5.74, 6) is -0.296. The second-order valence-corrected chi connectivity index (χ2v) is 6.69. The highest BCUT2D eigenvalue weighted by Gasteiger charge is 2.39. The third-order valence-electron chi connectivity index (χ3n) is 4.90. The van der Waals surface area contributed by atoms with Crippen molar-refractivity contribution in [3.05, 3.63) is 76.5 Å². The minimum atomic E-state index is -0.796. The maximum absolute atomic E-state index is 13.6. The van der Waals surface area contributed by atoms with Gasteiger partial charge in [0.25, 0.3) is 0 Å². The van der Waals surface area contributed by atoms with Crippen LogP contribution in [-0.4, -0.2) is 46.2 Å². The van der Waals surface area contributed by atoms with E-state index in [1.54, 1.807) is 24.3 Å². The van der Waals surface area contributed by atoms with Crippen LogP contribution in [0, 0.1) is 6.92 Å². The number of esters is 1. The minimum Gasteiger partial charge on any atom is -0.496 e. The summed E-state index contributed by atoms with van der Waals surface area (Å²) < 4.78 is 11.9. The zero-order valence-corrected chi connectivity index (χ0v) is 16.6. The lowest BCUT2D eigenvalue weighted by atomic mass is 9.88. The second kappa shape index (κ2) is 7.78. The number of anilines is 1. The Morgan fingerprint density at radius 2 is 1.80 bits per heavy atom. The summed E-state index contributed by atoms with van der Waals surface area (Å²) in [6.07, 6.45) is 0. The van der Waals surface area contributed by atoms with Crippen molar-refractivity contribution < 1.29 is 19.1 Å². The summed E-state index contributed by atoms with van der Waals surface area (Å²) in [4.78, 5) is 26.3. The topological polar surface area (TPSA) is 108 Å². The van der Waals surface area contributed by atoms with Crippen molar-refractivity contribution in [3.63, 3.8) is 0 Å². The summed E-state index contributed by atoms with van der Waals surface area (Å²) >= 11 is 0. The van der Waals surface area contributed by atoms with Crippen molar-refractivity contribution in [1.82, 2.24) is 20.2 Å². The van der Waals surface area contributed by atoms with Gasteiger partial charge in [-0.25, -0.2) is 4.79 Å². The molecule has 1 atom stereocenters. The van der Waals surface area contributed by atoms with Crippen LogP contribution in [0.4, 0.5) is 5.95 Å². The monoisotopic (exact) mass is 405 g/mol.